The first-order chi connectivity index (χ1) is 4.97. The highest BCUT2D eigenvalue weighted by atomic mass is 16.5. The molecule has 0 spiro atoms. The van der Waals surface area contributed by atoms with Crippen LogP contribution < -0.4 is 5.32 Å². The van der Waals surface area contributed by atoms with Gasteiger partial charge in [-0.3, -0.25) is 0 Å². The molecule has 58 valence electrons. The molecule has 0 aromatic heterocycles. The molecule has 1 heterocycles. The minimum absolute atomic E-state index is 0.792. The smallest absolute Gasteiger partial charge is 0.0509 e. The Morgan fingerprint density at radius 2 is 2.30 bits per heavy atom. The van der Waals surface area contributed by atoms with Crippen molar-refractivity contribution in [3.8, 4) is 0 Å². The fourth-order valence-corrected chi connectivity index (χ4v) is 1.73. The van der Waals surface area contributed by atoms with Crippen LogP contribution in [-0.4, -0.2) is 25.8 Å². The number of nitrogens with one attached hydrogen (secondary N) is 1. The summed E-state index contributed by atoms with van der Waals surface area (Å²) in [7, 11) is 0. The molecule has 1 saturated carbocycles. The molecular formula is C8H15NO. The first kappa shape index (κ1) is 6.62. The van der Waals surface area contributed by atoms with E-state index in [9.17, 15) is 0 Å². The molecule has 2 nitrogen and oxygen atoms in total. The molecule has 1 saturated heterocycles. The van der Waals surface area contributed by atoms with Gasteiger partial charge in [0.05, 0.1) is 6.61 Å². The molecule has 2 aliphatic rings. The van der Waals surface area contributed by atoms with Crippen LogP contribution in [0, 0.1) is 5.92 Å². The third-order valence-electron chi connectivity index (χ3n) is 2.62. The maximum absolute atomic E-state index is 5.47. The molecule has 10 heavy (non-hydrogen) atoms. The first-order valence-electron chi connectivity index (χ1n) is 4.28. The van der Waals surface area contributed by atoms with E-state index in [-0.39, 0.29) is 0 Å². The van der Waals surface area contributed by atoms with Crippen LogP contribution in [0.2, 0.25) is 0 Å². The monoisotopic (exact) mass is 141 g/mol. The predicted molar refractivity (Wildman–Crippen MR) is 40.0 cm³/mol. The van der Waals surface area contributed by atoms with Crippen molar-refractivity contribution >= 4 is 0 Å². The molecule has 2 fully saturated rings. The van der Waals surface area contributed by atoms with E-state index in [0.29, 0.717) is 0 Å². The zero-order valence-electron chi connectivity index (χ0n) is 6.31. The van der Waals surface area contributed by atoms with Gasteiger partial charge >= 0.3 is 0 Å². The second-order valence-corrected chi connectivity index (χ2v) is 3.33. The lowest BCUT2D eigenvalue weighted by atomic mass is 9.80. The minimum atomic E-state index is 0.792. The van der Waals surface area contributed by atoms with Gasteiger partial charge in [0.15, 0.2) is 0 Å². The van der Waals surface area contributed by atoms with Gasteiger partial charge in [-0.2, -0.15) is 0 Å². The van der Waals surface area contributed by atoms with Crippen LogP contribution in [0.4, 0.5) is 0 Å². The molecule has 0 aromatic carbocycles. The van der Waals surface area contributed by atoms with E-state index in [2.05, 4.69) is 5.32 Å². The Bertz CT molecular complexity index is 102. The van der Waals surface area contributed by atoms with Crippen LogP contribution in [0.15, 0.2) is 0 Å². The summed E-state index contributed by atoms with van der Waals surface area (Å²) in [6.45, 7) is 3.11. The van der Waals surface area contributed by atoms with Gasteiger partial charge in [0.2, 0.25) is 0 Å². The molecule has 2 atom stereocenters. The van der Waals surface area contributed by atoms with Crippen molar-refractivity contribution in [2.24, 2.45) is 5.92 Å². The van der Waals surface area contributed by atoms with Crippen molar-refractivity contribution in [2.45, 2.75) is 25.3 Å². The Labute approximate surface area is 61.9 Å². The average Bonchev–Trinajstić information content (AvgIpc) is 1.89. The number of rotatable bonds is 0. The van der Waals surface area contributed by atoms with Crippen LogP contribution in [-0.2, 0) is 4.74 Å². The van der Waals surface area contributed by atoms with Crippen LogP contribution >= 0.6 is 0 Å². The summed E-state index contributed by atoms with van der Waals surface area (Å²) in [5.41, 5.74) is 0. The van der Waals surface area contributed by atoms with Crippen molar-refractivity contribution in [3.63, 3.8) is 0 Å². The predicted octanol–water partition coefficient (Wildman–Crippen LogP) is 0.775. The van der Waals surface area contributed by atoms with Crippen molar-refractivity contribution in [2.75, 3.05) is 19.8 Å². The summed E-state index contributed by atoms with van der Waals surface area (Å²) in [5.74, 6) is 0.834. The average molecular weight is 141 g/mol. The van der Waals surface area contributed by atoms with Crippen LogP contribution in [0.1, 0.15) is 19.3 Å². The summed E-state index contributed by atoms with van der Waals surface area (Å²) >= 11 is 0. The third kappa shape index (κ3) is 1.18. The largest absolute Gasteiger partial charge is 0.381 e. The maximum Gasteiger partial charge on any atom is 0.0509 e. The molecule has 1 aliphatic carbocycles. The van der Waals surface area contributed by atoms with E-state index in [4.69, 9.17) is 4.74 Å². The lowest BCUT2D eigenvalue weighted by Gasteiger charge is -2.38. The summed E-state index contributed by atoms with van der Waals surface area (Å²) < 4.78 is 5.47. The van der Waals surface area contributed by atoms with Crippen molar-refractivity contribution in [3.05, 3.63) is 0 Å². The maximum atomic E-state index is 5.47. The van der Waals surface area contributed by atoms with Crippen LogP contribution in [0.5, 0.6) is 0 Å². The Balaban J connectivity index is 1.83. The number of hydrogen-bond acceptors (Lipinski definition) is 2. The van der Waals surface area contributed by atoms with E-state index in [0.717, 1.165) is 31.7 Å². The second-order valence-electron chi connectivity index (χ2n) is 3.33. The zero-order valence-corrected chi connectivity index (χ0v) is 6.31. The topological polar surface area (TPSA) is 21.3 Å². The molecule has 0 aromatic rings. The summed E-state index contributed by atoms with van der Waals surface area (Å²) in [6, 6.07) is 0.792. The van der Waals surface area contributed by atoms with Crippen molar-refractivity contribution in [1.29, 1.82) is 0 Å². The lowest BCUT2D eigenvalue weighted by Crippen LogP contribution is -2.47. The number of hydrogen-bond donors (Lipinski definition) is 1. The summed E-state index contributed by atoms with van der Waals surface area (Å²) in [5, 5.41) is 3.54. The molecular weight excluding hydrogens is 126 g/mol. The Kier molecular flexibility index (Phi) is 1.91. The van der Waals surface area contributed by atoms with Gasteiger partial charge in [0, 0.05) is 12.6 Å². The SMILES string of the molecule is C1CNC2CCC2COC1. The quantitative estimate of drug-likeness (QED) is 0.538. The molecule has 2 unspecified atom stereocenters. The van der Waals surface area contributed by atoms with Gasteiger partial charge in [-0.05, 0) is 31.7 Å². The molecule has 0 amide bonds. The van der Waals surface area contributed by atoms with Gasteiger partial charge in [-0.1, -0.05) is 0 Å². The third-order valence-corrected chi connectivity index (χ3v) is 2.62. The van der Waals surface area contributed by atoms with E-state index in [1.807, 2.05) is 0 Å². The highest BCUT2D eigenvalue weighted by molar-refractivity contribution is 4.87. The second kappa shape index (κ2) is 2.89. The fourth-order valence-electron chi connectivity index (χ4n) is 1.73. The molecule has 0 radical (unpaired) electrons. The van der Waals surface area contributed by atoms with Crippen LogP contribution in [0.25, 0.3) is 0 Å². The van der Waals surface area contributed by atoms with Gasteiger partial charge in [0.25, 0.3) is 0 Å². The lowest BCUT2D eigenvalue weighted by molar-refractivity contribution is 0.0311. The van der Waals surface area contributed by atoms with Gasteiger partial charge in [-0.15, -0.1) is 0 Å². The van der Waals surface area contributed by atoms with Gasteiger partial charge in [-0.25, -0.2) is 0 Å². The standard InChI is InChI=1S/C8H15NO/c1-4-9-8-3-2-7(8)6-10-5-1/h7-9H,1-6H2. The summed E-state index contributed by atoms with van der Waals surface area (Å²) in [6.07, 6.45) is 3.93. The molecule has 1 aliphatic heterocycles. The normalized spacial score (nSPS) is 40.8. The van der Waals surface area contributed by atoms with Crippen LogP contribution in [0.3, 0.4) is 0 Å². The first-order valence-corrected chi connectivity index (χ1v) is 4.28. The van der Waals surface area contributed by atoms with E-state index in [1.54, 1.807) is 0 Å². The Morgan fingerprint density at radius 1 is 1.30 bits per heavy atom. The Hall–Kier alpha value is -0.0800. The molecule has 0 bridgehead atoms. The van der Waals surface area contributed by atoms with E-state index < -0.39 is 0 Å². The minimum Gasteiger partial charge on any atom is -0.381 e. The molecule has 1 N–H and O–H groups in total. The van der Waals surface area contributed by atoms with Gasteiger partial charge < -0.3 is 10.1 Å². The number of fused-ring (bicyclic) bond motifs is 1. The van der Waals surface area contributed by atoms with Gasteiger partial charge in [0.1, 0.15) is 0 Å². The van der Waals surface area contributed by atoms with E-state index >= 15 is 0 Å². The fraction of sp³-hybridized carbons (Fsp3) is 1.00. The zero-order chi connectivity index (χ0) is 6.81. The highest BCUT2D eigenvalue weighted by Crippen LogP contribution is 2.28. The summed E-state index contributed by atoms with van der Waals surface area (Å²) in [4.78, 5) is 0. The molecule has 2 rings (SSSR count). The Morgan fingerprint density at radius 3 is 3.10 bits per heavy atom. The molecule has 2 heteroatoms. The van der Waals surface area contributed by atoms with Crippen molar-refractivity contribution < 1.29 is 4.74 Å². The van der Waals surface area contributed by atoms with Crippen molar-refractivity contribution in [1.82, 2.24) is 5.32 Å². The number of ether oxygens (including phenoxy) is 1. The highest BCUT2D eigenvalue weighted by Gasteiger charge is 2.30. The van der Waals surface area contributed by atoms with E-state index in [1.165, 1.54) is 19.3 Å².